The Kier molecular flexibility index (Phi) is 5.79. The molecule has 1 aliphatic heterocycles. The molecule has 7 nitrogen and oxygen atoms in total. The number of anilines is 1. The maximum absolute atomic E-state index is 13.0. The number of para-hydroxylation sites is 1. The van der Waals surface area contributed by atoms with Crippen LogP contribution in [-0.4, -0.2) is 34.8 Å². The molecule has 158 valence electrons. The zero-order valence-corrected chi connectivity index (χ0v) is 16.6. The third-order valence-corrected chi connectivity index (χ3v) is 5.07. The molecule has 0 bridgehead atoms. The molecule has 0 aliphatic carbocycles. The molecule has 2 heterocycles. The first kappa shape index (κ1) is 20.3. The van der Waals surface area contributed by atoms with Gasteiger partial charge in [0.15, 0.2) is 6.61 Å². The minimum Gasteiger partial charge on any atom is -0.484 e. The van der Waals surface area contributed by atoms with Crippen molar-refractivity contribution in [3.05, 3.63) is 93.7 Å². The minimum absolute atomic E-state index is 0.0658. The van der Waals surface area contributed by atoms with Gasteiger partial charge >= 0.3 is 0 Å². The number of halogens is 1. The lowest BCUT2D eigenvalue weighted by atomic mass is 9.96. The van der Waals surface area contributed by atoms with Gasteiger partial charge in [-0.05, 0) is 53.9 Å². The lowest BCUT2D eigenvalue weighted by molar-refractivity contribution is -0.134. The average Bonchev–Trinajstić information content (AvgIpc) is 2.78. The molecule has 0 atom stereocenters. The number of aromatic nitrogens is 1. The Morgan fingerprint density at radius 2 is 1.84 bits per heavy atom. The summed E-state index contributed by atoms with van der Waals surface area (Å²) in [7, 11) is 0. The van der Waals surface area contributed by atoms with Crippen molar-refractivity contribution in [2.75, 3.05) is 18.5 Å². The molecule has 4 rings (SSSR count). The van der Waals surface area contributed by atoms with E-state index in [1.165, 1.54) is 30.5 Å². The minimum atomic E-state index is -0.483. The molecule has 1 aromatic heterocycles. The SMILES string of the molecule is O=C(Nc1ccccc1)c1c2c(c[nH]c1=O)CN(C(=O)COc1ccc(F)cc1)CC2. The topological polar surface area (TPSA) is 91.5 Å². The van der Waals surface area contributed by atoms with Gasteiger partial charge in [0.05, 0.1) is 0 Å². The van der Waals surface area contributed by atoms with E-state index in [-0.39, 0.29) is 30.4 Å². The van der Waals surface area contributed by atoms with Crippen molar-refractivity contribution in [1.29, 1.82) is 0 Å². The molecular formula is C23H20FN3O4. The van der Waals surface area contributed by atoms with Gasteiger partial charge in [0.2, 0.25) is 0 Å². The normalized spacial score (nSPS) is 12.7. The number of carbonyl (C=O) groups excluding carboxylic acids is 2. The fourth-order valence-electron chi connectivity index (χ4n) is 3.50. The van der Waals surface area contributed by atoms with Crippen molar-refractivity contribution in [3.63, 3.8) is 0 Å². The van der Waals surface area contributed by atoms with E-state index in [2.05, 4.69) is 10.3 Å². The third kappa shape index (κ3) is 4.63. The molecule has 0 radical (unpaired) electrons. The molecule has 2 amide bonds. The lowest BCUT2D eigenvalue weighted by Gasteiger charge is -2.29. The number of hydrogen-bond donors (Lipinski definition) is 2. The van der Waals surface area contributed by atoms with Gasteiger partial charge in [-0.3, -0.25) is 14.4 Å². The second-order valence-electron chi connectivity index (χ2n) is 7.12. The number of fused-ring (bicyclic) bond motifs is 1. The highest BCUT2D eigenvalue weighted by Gasteiger charge is 2.27. The first-order chi connectivity index (χ1) is 15.0. The molecular weight excluding hydrogens is 401 g/mol. The van der Waals surface area contributed by atoms with E-state index >= 15 is 0 Å². The molecule has 2 N–H and O–H groups in total. The van der Waals surface area contributed by atoms with Gasteiger partial charge in [0.25, 0.3) is 17.4 Å². The Morgan fingerprint density at radius 3 is 2.58 bits per heavy atom. The third-order valence-electron chi connectivity index (χ3n) is 5.07. The van der Waals surface area contributed by atoms with Crippen molar-refractivity contribution < 1.29 is 18.7 Å². The summed E-state index contributed by atoms with van der Waals surface area (Å²) in [4.78, 5) is 41.9. The number of pyridine rings is 1. The highest BCUT2D eigenvalue weighted by Crippen LogP contribution is 2.21. The summed E-state index contributed by atoms with van der Waals surface area (Å²) in [5, 5.41) is 2.74. The summed E-state index contributed by atoms with van der Waals surface area (Å²) in [5.74, 6) is -0.705. The summed E-state index contributed by atoms with van der Waals surface area (Å²) >= 11 is 0. The van der Waals surface area contributed by atoms with E-state index in [9.17, 15) is 18.8 Å². The Morgan fingerprint density at radius 1 is 1.10 bits per heavy atom. The molecule has 8 heteroatoms. The van der Waals surface area contributed by atoms with Gasteiger partial charge in [0, 0.05) is 25.0 Å². The van der Waals surface area contributed by atoms with Crippen molar-refractivity contribution in [1.82, 2.24) is 9.88 Å². The predicted octanol–water partition coefficient (Wildman–Crippen LogP) is 2.73. The van der Waals surface area contributed by atoms with Crippen molar-refractivity contribution in [2.45, 2.75) is 13.0 Å². The number of rotatable bonds is 5. The molecule has 0 unspecified atom stereocenters. The standard InChI is InChI=1S/C23H20FN3O4/c24-16-6-8-18(9-7-16)31-14-20(28)27-11-10-19-15(13-27)12-25-22(29)21(19)23(30)26-17-4-2-1-3-5-17/h1-9,12H,10-11,13-14H2,(H,25,29)(H,26,30). The van der Waals surface area contributed by atoms with Gasteiger partial charge in [-0.2, -0.15) is 0 Å². The van der Waals surface area contributed by atoms with E-state index in [1.54, 1.807) is 29.2 Å². The zero-order valence-electron chi connectivity index (χ0n) is 16.6. The quantitative estimate of drug-likeness (QED) is 0.663. The van der Waals surface area contributed by atoms with E-state index in [4.69, 9.17) is 4.74 Å². The smallest absolute Gasteiger partial charge is 0.261 e. The van der Waals surface area contributed by atoms with Crippen molar-refractivity contribution >= 4 is 17.5 Å². The number of nitrogens with one attached hydrogen (secondary N) is 2. The van der Waals surface area contributed by atoms with Gasteiger partial charge in [0.1, 0.15) is 17.1 Å². The van der Waals surface area contributed by atoms with Crippen LogP contribution in [0.3, 0.4) is 0 Å². The molecule has 3 aromatic rings. The van der Waals surface area contributed by atoms with Crippen LogP contribution in [0.15, 0.2) is 65.6 Å². The van der Waals surface area contributed by atoms with Crippen LogP contribution in [0.25, 0.3) is 0 Å². The Hall–Kier alpha value is -3.94. The summed E-state index contributed by atoms with van der Waals surface area (Å²) < 4.78 is 18.4. The number of H-pyrrole nitrogens is 1. The average molecular weight is 421 g/mol. The molecule has 0 spiro atoms. The van der Waals surface area contributed by atoms with Crippen molar-refractivity contribution in [2.24, 2.45) is 0 Å². The first-order valence-electron chi connectivity index (χ1n) is 9.77. The number of ether oxygens (including phenoxy) is 1. The molecule has 1 aliphatic rings. The van der Waals surface area contributed by atoms with Crippen LogP contribution in [0, 0.1) is 5.82 Å². The largest absolute Gasteiger partial charge is 0.484 e. The first-order valence-corrected chi connectivity index (χ1v) is 9.77. The number of benzene rings is 2. The molecule has 31 heavy (non-hydrogen) atoms. The van der Waals surface area contributed by atoms with E-state index < -0.39 is 11.5 Å². The van der Waals surface area contributed by atoms with E-state index in [0.29, 0.717) is 35.5 Å². The number of nitrogens with zero attached hydrogens (tertiary/aromatic N) is 1. The number of carbonyl (C=O) groups is 2. The number of amides is 2. The molecule has 2 aromatic carbocycles. The maximum Gasteiger partial charge on any atom is 0.261 e. The Labute approximate surface area is 177 Å². The van der Waals surface area contributed by atoms with Crippen molar-refractivity contribution in [3.8, 4) is 5.75 Å². The van der Waals surface area contributed by atoms with Gasteiger partial charge in [-0.15, -0.1) is 0 Å². The fraction of sp³-hybridized carbons (Fsp3) is 0.174. The van der Waals surface area contributed by atoms with Gasteiger partial charge in [-0.1, -0.05) is 18.2 Å². The second kappa shape index (κ2) is 8.83. The summed E-state index contributed by atoms with van der Waals surface area (Å²) in [5.41, 5.74) is 1.54. The van der Waals surface area contributed by atoms with Crippen LogP contribution in [0.1, 0.15) is 21.5 Å². The van der Waals surface area contributed by atoms with Gasteiger partial charge < -0.3 is 19.9 Å². The number of hydrogen-bond acceptors (Lipinski definition) is 4. The fourth-order valence-corrected chi connectivity index (χ4v) is 3.50. The Balaban J connectivity index is 1.46. The highest BCUT2D eigenvalue weighted by molar-refractivity contribution is 6.05. The lowest BCUT2D eigenvalue weighted by Crippen LogP contribution is -2.40. The van der Waals surface area contributed by atoms with Crippen LogP contribution in [0.2, 0.25) is 0 Å². The van der Waals surface area contributed by atoms with E-state index in [1.807, 2.05) is 6.07 Å². The molecule has 0 fully saturated rings. The highest BCUT2D eigenvalue weighted by atomic mass is 19.1. The summed E-state index contributed by atoms with van der Waals surface area (Å²) in [6.07, 6.45) is 1.91. The van der Waals surface area contributed by atoms with E-state index in [0.717, 1.165) is 0 Å². The van der Waals surface area contributed by atoms with Crippen LogP contribution >= 0.6 is 0 Å². The monoisotopic (exact) mass is 421 g/mol. The second-order valence-corrected chi connectivity index (χ2v) is 7.12. The van der Waals surface area contributed by atoms with Crippen LogP contribution < -0.4 is 15.6 Å². The summed E-state index contributed by atoms with van der Waals surface area (Å²) in [6.45, 7) is 0.419. The predicted molar refractivity (Wildman–Crippen MR) is 112 cm³/mol. The van der Waals surface area contributed by atoms with Crippen LogP contribution in [0.5, 0.6) is 5.75 Å². The zero-order chi connectivity index (χ0) is 21.8. The van der Waals surface area contributed by atoms with Crippen LogP contribution in [0.4, 0.5) is 10.1 Å². The Bertz CT molecular complexity index is 1160. The summed E-state index contributed by atoms with van der Waals surface area (Å²) in [6, 6.07) is 14.3. The molecule has 0 saturated carbocycles. The van der Waals surface area contributed by atoms with Gasteiger partial charge in [-0.25, -0.2) is 4.39 Å². The molecule has 0 saturated heterocycles. The van der Waals surface area contributed by atoms with Crippen LogP contribution in [-0.2, 0) is 17.8 Å². The maximum atomic E-state index is 13.0. The number of aromatic amines is 1.